The lowest BCUT2D eigenvalue weighted by atomic mass is 10.1. The van der Waals surface area contributed by atoms with Crippen LogP contribution in [-0.4, -0.2) is 41.9 Å². The van der Waals surface area contributed by atoms with E-state index in [1.165, 1.54) is 9.58 Å². The number of amides is 1. The van der Waals surface area contributed by atoms with Gasteiger partial charge in [-0.05, 0) is 26.3 Å². The standard InChI is InChI=1S/C20H30N4O2/c1-4-7-13-24-20(26)17-11-9-8-10-16(17)18(22-24)15-19(25)21-12-14-23(5-2)6-3/h8-11H,4-7,12-15H2,1-3H3,(H,21,25)/p+1. The molecule has 0 fully saturated rings. The van der Waals surface area contributed by atoms with E-state index in [-0.39, 0.29) is 17.9 Å². The summed E-state index contributed by atoms with van der Waals surface area (Å²) in [6, 6.07) is 7.42. The van der Waals surface area contributed by atoms with Crippen molar-refractivity contribution < 1.29 is 9.69 Å². The van der Waals surface area contributed by atoms with Crippen LogP contribution < -0.4 is 15.8 Å². The summed E-state index contributed by atoms with van der Waals surface area (Å²) in [7, 11) is 0. The Bertz CT molecular complexity index is 781. The molecule has 0 aliphatic heterocycles. The topological polar surface area (TPSA) is 68.4 Å². The highest BCUT2D eigenvalue weighted by Gasteiger charge is 2.13. The average Bonchev–Trinajstić information content (AvgIpc) is 2.66. The molecule has 6 heteroatoms. The first-order valence-electron chi connectivity index (χ1n) is 9.69. The Morgan fingerprint density at radius 2 is 1.85 bits per heavy atom. The molecule has 0 bridgehead atoms. The van der Waals surface area contributed by atoms with E-state index in [0.29, 0.717) is 24.2 Å². The van der Waals surface area contributed by atoms with Crippen molar-refractivity contribution in [3.8, 4) is 0 Å². The molecule has 0 saturated carbocycles. The minimum atomic E-state index is -0.0802. The van der Waals surface area contributed by atoms with E-state index in [4.69, 9.17) is 0 Å². The first kappa shape index (κ1) is 20.1. The van der Waals surface area contributed by atoms with Gasteiger partial charge in [-0.25, -0.2) is 4.68 Å². The van der Waals surface area contributed by atoms with Crippen LogP contribution >= 0.6 is 0 Å². The summed E-state index contributed by atoms with van der Waals surface area (Å²) in [4.78, 5) is 26.4. The van der Waals surface area contributed by atoms with Crippen molar-refractivity contribution >= 4 is 16.7 Å². The average molecular weight is 359 g/mol. The van der Waals surface area contributed by atoms with Gasteiger partial charge in [0.05, 0.1) is 43.7 Å². The fourth-order valence-electron chi connectivity index (χ4n) is 3.09. The highest BCUT2D eigenvalue weighted by atomic mass is 16.1. The molecule has 1 heterocycles. The number of carbonyl (C=O) groups is 1. The smallest absolute Gasteiger partial charge is 0.274 e. The van der Waals surface area contributed by atoms with E-state index in [2.05, 4.69) is 31.2 Å². The van der Waals surface area contributed by atoms with Crippen molar-refractivity contribution in [2.75, 3.05) is 26.2 Å². The SMILES string of the molecule is CCCCn1nc(CC(=O)NCC[NH+](CC)CC)c2ccccc2c1=O. The summed E-state index contributed by atoms with van der Waals surface area (Å²) in [6.45, 7) is 10.7. The van der Waals surface area contributed by atoms with Crippen molar-refractivity contribution in [2.45, 2.75) is 46.6 Å². The molecule has 6 nitrogen and oxygen atoms in total. The fraction of sp³-hybridized carbons (Fsp3) is 0.550. The lowest BCUT2D eigenvalue weighted by Crippen LogP contribution is -3.12. The summed E-state index contributed by atoms with van der Waals surface area (Å²) in [6.07, 6.45) is 2.08. The van der Waals surface area contributed by atoms with Crippen LogP contribution in [0.15, 0.2) is 29.1 Å². The number of aryl methyl sites for hydroxylation is 1. The summed E-state index contributed by atoms with van der Waals surface area (Å²) in [5, 5.41) is 8.88. The van der Waals surface area contributed by atoms with Crippen LogP contribution in [0, 0.1) is 0 Å². The molecular weight excluding hydrogens is 328 g/mol. The van der Waals surface area contributed by atoms with Gasteiger partial charge in [-0.2, -0.15) is 5.10 Å². The van der Waals surface area contributed by atoms with Gasteiger partial charge < -0.3 is 10.2 Å². The summed E-state index contributed by atoms with van der Waals surface area (Å²) >= 11 is 0. The number of hydrogen-bond donors (Lipinski definition) is 2. The van der Waals surface area contributed by atoms with E-state index in [9.17, 15) is 9.59 Å². The molecule has 0 radical (unpaired) electrons. The van der Waals surface area contributed by atoms with Gasteiger partial charge >= 0.3 is 0 Å². The van der Waals surface area contributed by atoms with Crippen molar-refractivity contribution in [2.24, 2.45) is 0 Å². The highest BCUT2D eigenvalue weighted by molar-refractivity contribution is 5.88. The Kier molecular flexibility index (Phi) is 7.78. The van der Waals surface area contributed by atoms with Crippen molar-refractivity contribution in [1.29, 1.82) is 0 Å². The third kappa shape index (κ3) is 5.14. The summed E-state index contributed by atoms with van der Waals surface area (Å²) in [5.41, 5.74) is 0.590. The van der Waals surface area contributed by atoms with Crippen LogP contribution in [-0.2, 0) is 17.8 Å². The third-order valence-corrected chi connectivity index (χ3v) is 4.80. The van der Waals surface area contributed by atoms with Crippen molar-refractivity contribution in [1.82, 2.24) is 15.1 Å². The second-order valence-electron chi connectivity index (χ2n) is 6.61. The van der Waals surface area contributed by atoms with Crippen LogP contribution in [0.3, 0.4) is 0 Å². The minimum absolute atomic E-state index is 0.0464. The van der Waals surface area contributed by atoms with E-state index >= 15 is 0 Å². The molecule has 1 aromatic carbocycles. The van der Waals surface area contributed by atoms with Crippen LogP contribution in [0.2, 0.25) is 0 Å². The molecule has 0 atom stereocenters. The fourth-order valence-corrected chi connectivity index (χ4v) is 3.09. The molecule has 0 aliphatic carbocycles. The molecule has 142 valence electrons. The van der Waals surface area contributed by atoms with Gasteiger partial charge in [0.15, 0.2) is 0 Å². The summed E-state index contributed by atoms with van der Waals surface area (Å²) < 4.78 is 1.51. The van der Waals surface area contributed by atoms with E-state index < -0.39 is 0 Å². The molecule has 0 unspecified atom stereocenters. The predicted octanol–water partition coefficient (Wildman–Crippen LogP) is 0.780. The zero-order valence-corrected chi connectivity index (χ0v) is 16.2. The van der Waals surface area contributed by atoms with E-state index in [1.54, 1.807) is 0 Å². The van der Waals surface area contributed by atoms with Gasteiger partial charge in [-0.3, -0.25) is 9.59 Å². The van der Waals surface area contributed by atoms with E-state index in [1.807, 2.05) is 24.3 Å². The Hall–Kier alpha value is -2.21. The second-order valence-corrected chi connectivity index (χ2v) is 6.61. The summed E-state index contributed by atoms with van der Waals surface area (Å²) in [5.74, 6) is -0.0464. The molecule has 2 N–H and O–H groups in total. The number of rotatable bonds is 10. The number of quaternary nitrogens is 1. The van der Waals surface area contributed by atoms with Crippen LogP contribution in [0.25, 0.3) is 10.8 Å². The van der Waals surface area contributed by atoms with E-state index in [0.717, 1.165) is 37.9 Å². The maximum atomic E-state index is 12.6. The first-order valence-corrected chi connectivity index (χ1v) is 9.69. The molecule has 0 aliphatic rings. The molecule has 1 amide bonds. The minimum Gasteiger partial charge on any atom is -0.350 e. The molecule has 2 aromatic rings. The first-order chi connectivity index (χ1) is 12.6. The van der Waals surface area contributed by atoms with Gasteiger partial charge in [-0.15, -0.1) is 0 Å². The Morgan fingerprint density at radius 3 is 2.50 bits per heavy atom. The lowest BCUT2D eigenvalue weighted by molar-refractivity contribution is -0.895. The number of likely N-dealkylation sites (N-methyl/N-ethyl adjacent to an activating group) is 1. The monoisotopic (exact) mass is 359 g/mol. The van der Waals surface area contributed by atoms with Crippen LogP contribution in [0.1, 0.15) is 39.3 Å². The van der Waals surface area contributed by atoms with Crippen LogP contribution in [0.4, 0.5) is 0 Å². The van der Waals surface area contributed by atoms with Gasteiger partial charge in [0.2, 0.25) is 5.91 Å². The number of nitrogens with zero attached hydrogens (tertiary/aromatic N) is 2. The molecule has 1 aromatic heterocycles. The molecule has 26 heavy (non-hydrogen) atoms. The molecule has 0 spiro atoms. The number of unbranched alkanes of at least 4 members (excludes halogenated alkanes) is 1. The number of nitrogens with one attached hydrogen (secondary N) is 2. The zero-order valence-electron chi connectivity index (χ0n) is 16.2. The number of hydrogen-bond acceptors (Lipinski definition) is 3. The largest absolute Gasteiger partial charge is 0.350 e. The number of fused-ring (bicyclic) bond motifs is 1. The van der Waals surface area contributed by atoms with Crippen LogP contribution in [0.5, 0.6) is 0 Å². The van der Waals surface area contributed by atoms with Crippen molar-refractivity contribution in [3.63, 3.8) is 0 Å². The van der Waals surface area contributed by atoms with Gasteiger partial charge in [0.25, 0.3) is 5.56 Å². The number of benzene rings is 1. The maximum absolute atomic E-state index is 12.6. The lowest BCUT2D eigenvalue weighted by Gasteiger charge is -2.15. The zero-order chi connectivity index (χ0) is 18.9. The molecule has 2 rings (SSSR count). The molecular formula is C20H31N4O2+. The molecule has 0 saturated heterocycles. The van der Waals surface area contributed by atoms with Gasteiger partial charge in [0.1, 0.15) is 0 Å². The van der Waals surface area contributed by atoms with Crippen molar-refractivity contribution in [3.05, 3.63) is 40.3 Å². The Morgan fingerprint density at radius 1 is 1.15 bits per heavy atom. The number of carbonyl (C=O) groups excluding carboxylic acids is 1. The third-order valence-electron chi connectivity index (χ3n) is 4.80. The van der Waals surface area contributed by atoms with Gasteiger partial charge in [-0.1, -0.05) is 31.5 Å². The quantitative estimate of drug-likeness (QED) is 0.659. The Balaban J connectivity index is 2.16. The Labute approximate surface area is 155 Å². The normalized spacial score (nSPS) is 11.2. The predicted molar refractivity (Wildman–Crippen MR) is 105 cm³/mol. The second kappa shape index (κ2) is 10.1. The van der Waals surface area contributed by atoms with Gasteiger partial charge in [0, 0.05) is 11.9 Å². The number of aromatic nitrogens is 2. The maximum Gasteiger partial charge on any atom is 0.274 e. The highest BCUT2D eigenvalue weighted by Crippen LogP contribution is 2.14.